The molecule has 2 amide bonds. The van der Waals surface area contributed by atoms with Gasteiger partial charge in [0.2, 0.25) is 0 Å². The molecule has 0 saturated carbocycles. The van der Waals surface area contributed by atoms with E-state index in [1.165, 1.54) is 0 Å². The Morgan fingerprint density at radius 2 is 1.93 bits per heavy atom. The van der Waals surface area contributed by atoms with Crippen molar-refractivity contribution in [2.45, 2.75) is 45.6 Å². The maximum Gasteiger partial charge on any atom is 0.326 e. The molecule has 0 spiro atoms. The molecular formula is C10H20N2O3. The van der Waals surface area contributed by atoms with Gasteiger partial charge in [-0.1, -0.05) is 26.7 Å². The highest BCUT2D eigenvalue weighted by Crippen LogP contribution is 1.92. The van der Waals surface area contributed by atoms with Crippen LogP contribution in [0.15, 0.2) is 0 Å². The van der Waals surface area contributed by atoms with E-state index in [-0.39, 0.29) is 0 Å². The highest BCUT2D eigenvalue weighted by atomic mass is 16.4. The smallest absolute Gasteiger partial charge is 0.326 e. The van der Waals surface area contributed by atoms with Crippen molar-refractivity contribution in [3.05, 3.63) is 0 Å². The summed E-state index contributed by atoms with van der Waals surface area (Å²) in [7, 11) is 0. The molecule has 0 aromatic carbocycles. The van der Waals surface area contributed by atoms with E-state index in [0.29, 0.717) is 13.0 Å². The summed E-state index contributed by atoms with van der Waals surface area (Å²) in [6, 6.07) is -1.20. The first-order valence-corrected chi connectivity index (χ1v) is 5.39. The lowest BCUT2D eigenvalue weighted by Gasteiger charge is -2.12. The summed E-state index contributed by atoms with van der Waals surface area (Å²) in [5.41, 5.74) is 0. The van der Waals surface area contributed by atoms with Crippen LogP contribution in [0, 0.1) is 0 Å². The van der Waals surface area contributed by atoms with Gasteiger partial charge in [0.05, 0.1) is 0 Å². The quantitative estimate of drug-likeness (QED) is 0.562. The van der Waals surface area contributed by atoms with Gasteiger partial charge in [0.1, 0.15) is 6.04 Å². The van der Waals surface area contributed by atoms with E-state index in [0.717, 1.165) is 19.3 Å². The van der Waals surface area contributed by atoms with Crippen molar-refractivity contribution in [3.8, 4) is 0 Å². The molecule has 0 unspecified atom stereocenters. The molecule has 0 aromatic heterocycles. The number of carboxylic acids is 1. The van der Waals surface area contributed by atoms with E-state index in [4.69, 9.17) is 5.11 Å². The van der Waals surface area contributed by atoms with Crippen LogP contribution in [0.1, 0.15) is 39.5 Å². The van der Waals surface area contributed by atoms with E-state index in [2.05, 4.69) is 17.6 Å². The summed E-state index contributed by atoms with van der Waals surface area (Å²) in [6.07, 6.45) is 3.47. The van der Waals surface area contributed by atoms with Crippen LogP contribution in [0.5, 0.6) is 0 Å². The lowest BCUT2D eigenvalue weighted by molar-refractivity contribution is -0.139. The van der Waals surface area contributed by atoms with Gasteiger partial charge in [-0.05, 0) is 12.8 Å². The van der Waals surface area contributed by atoms with Crippen LogP contribution in [0.2, 0.25) is 0 Å². The van der Waals surface area contributed by atoms with Crippen molar-refractivity contribution in [2.24, 2.45) is 0 Å². The fraction of sp³-hybridized carbons (Fsp3) is 0.800. The van der Waals surface area contributed by atoms with Gasteiger partial charge < -0.3 is 15.7 Å². The number of carbonyl (C=O) groups is 2. The van der Waals surface area contributed by atoms with Crippen molar-refractivity contribution in [2.75, 3.05) is 6.54 Å². The number of unbranched alkanes of at least 4 members (excludes halogenated alkanes) is 2. The van der Waals surface area contributed by atoms with E-state index in [1.807, 2.05) is 0 Å². The SMILES string of the molecule is CCCCCNC(=O)N[C@H](CC)C(=O)O. The van der Waals surface area contributed by atoms with Crippen molar-refractivity contribution in [1.82, 2.24) is 10.6 Å². The average Bonchev–Trinajstić information content (AvgIpc) is 2.20. The summed E-state index contributed by atoms with van der Waals surface area (Å²) in [4.78, 5) is 21.8. The number of hydrogen-bond donors (Lipinski definition) is 3. The van der Waals surface area contributed by atoms with E-state index >= 15 is 0 Å². The van der Waals surface area contributed by atoms with E-state index < -0.39 is 18.0 Å². The van der Waals surface area contributed by atoms with Crippen LogP contribution in [0.25, 0.3) is 0 Å². The number of nitrogens with one attached hydrogen (secondary N) is 2. The van der Waals surface area contributed by atoms with Crippen LogP contribution < -0.4 is 10.6 Å². The van der Waals surface area contributed by atoms with Crippen molar-refractivity contribution >= 4 is 12.0 Å². The molecule has 0 heterocycles. The van der Waals surface area contributed by atoms with E-state index in [9.17, 15) is 9.59 Å². The zero-order valence-electron chi connectivity index (χ0n) is 9.38. The maximum atomic E-state index is 11.2. The third-order valence-electron chi connectivity index (χ3n) is 2.08. The Hall–Kier alpha value is -1.26. The highest BCUT2D eigenvalue weighted by molar-refractivity contribution is 5.82. The van der Waals surface area contributed by atoms with Crippen molar-refractivity contribution in [1.29, 1.82) is 0 Å². The summed E-state index contributed by atoms with van der Waals surface area (Å²) in [5, 5.41) is 13.7. The number of rotatable bonds is 7. The Morgan fingerprint density at radius 3 is 2.40 bits per heavy atom. The minimum atomic E-state index is -0.999. The third kappa shape index (κ3) is 6.76. The number of aliphatic carboxylic acids is 1. The van der Waals surface area contributed by atoms with Crippen LogP contribution in [0.3, 0.4) is 0 Å². The van der Waals surface area contributed by atoms with Crippen LogP contribution in [0.4, 0.5) is 4.79 Å². The molecule has 0 fully saturated rings. The second-order valence-corrected chi connectivity index (χ2v) is 3.41. The first kappa shape index (κ1) is 13.7. The minimum absolute atomic E-state index is 0.387. The predicted octanol–water partition coefficient (Wildman–Crippen LogP) is 1.34. The predicted molar refractivity (Wildman–Crippen MR) is 57.8 cm³/mol. The molecule has 0 bridgehead atoms. The minimum Gasteiger partial charge on any atom is -0.480 e. The fourth-order valence-corrected chi connectivity index (χ4v) is 1.12. The lowest BCUT2D eigenvalue weighted by Crippen LogP contribution is -2.45. The standard InChI is InChI=1S/C10H20N2O3/c1-3-5-6-7-11-10(15)12-8(4-2)9(13)14/h8H,3-7H2,1-2H3,(H,13,14)(H2,11,12,15)/t8-/m1/s1. The topological polar surface area (TPSA) is 78.4 Å². The van der Waals surface area contributed by atoms with Gasteiger partial charge in [-0.2, -0.15) is 0 Å². The second-order valence-electron chi connectivity index (χ2n) is 3.41. The Labute approximate surface area is 90.2 Å². The molecule has 0 aromatic rings. The van der Waals surface area contributed by atoms with E-state index in [1.54, 1.807) is 6.92 Å². The first-order chi connectivity index (χ1) is 7.11. The van der Waals surface area contributed by atoms with Gasteiger partial charge in [0, 0.05) is 6.54 Å². The number of carboxylic acid groups (broad SMARTS) is 1. The molecule has 88 valence electrons. The Balaban J connectivity index is 3.67. The van der Waals surface area contributed by atoms with Gasteiger partial charge in [0.25, 0.3) is 0 Å². The van der Waals surface area contributed by atoms with Gasteiger partial charge in [-0.25, -0.2) is 9.59 Å². The number of hydrogen-bond acceptors (Lipinski definition) is 2. The number of carbonyl (C=O) groups excluding carboxylic acids is 1. The van der Waals surface area contributed by atoms with Gasteiger partial charge >= 0.3 is 12.0 Å². The molecule has 0 aliphatic heterocycles. The summed E-state index contributed by atoms with van der Waals surface area (Å²) in [6.45, 7) is 4.39. The summed E-state index contributed by atoms with van der Waals surface area (Å²) < 4.78 is 0. The second kappa shape index (κ2) is 8.08. The van der Waals surface area contributed by atoms with Crippen LogP contribution >= 0.6 is 0 Å². The molecule has 5 heteroatoms. The van der Waals surface area contributed by atoms with Crippen molar-refractivity contribution in [3.63, 3.8) is 0 Å². The Bertz CT molecular complexity index is 207. The molecule has 1 atom stereocenters. The molecule has 15 heavy (non-hydrogen) atoms. The number of urea groups is 1. The molecular weight excluding hydrogens is 196 g/mol. The first-order valence-electron chi connectivity index (χ1n) is 5.39. The third-order valence-corrected chi connectivity index (χ3v) is 2.08. The van der Waals surface area contributed by atoms with Gasteiger partial charge in [-0.15, -0.1) is 0 Å². The molecule has 0 aliphatic carbocycles. The van der Waals surface area contributed by atoms with Crippen LogP contribution in [-0.2, 0) is 4.79 Å². The van der Waals surface area contributed by atoms with Gasteiger partial charge in [0.15, 0.2) is 0 Å². The largest absolute Gasteiger partial charge is 0.480 e. The lowest BCUT2D eigenvalue weighted by atomic mass is 10.2. The summed E-state index contributed by atoms with van der Waals surface area (Å²) >= 11 is 0. The zero-order chi connectivity index (χ0) is 11.7. The average molecular weight is 216 g/mol. The molecule has 3 N–H and O–H groups in total. The molecule has 0 aliphatic rings. The molecule has 0 radical (unpaired) electrons. The fourth-order valence-electron chi connectivity index (χ4n) is 1.12. The van der Waals surface area contributed by atoms with Gasteiger partial charge in [-0.3, -0.25) is 0 Å². The highest BCUT2D eigenvalue weighted by Gasteiger charge is 2.16. The summed E-state index contributed by atoms with van der Waals surface area (Å²) in [5.74, 6) is -0.999. The number of amides is 2. The zero-order valence-corrected chi connectivity index (χ0v) is 9.38. The van der Waals surface area contributed by atoms with Crippen LogP contribution in [-0.4, -0.2) is 29.7 Å². The monoisotopic (exact) mass is 216 g/mol. The maximum absolute atomic E-state index is 11.2. The Morgan fingerprint density at radius 1 is 1.27 bits per heavy atom. The molecule has 0 saturated heterocycles. The Kier molecular flexibility index (Phi) is 7.40. The normalized spacial score (nSPS) is 11.9. The molecule has 5 nitrogen and oxygen atoms in total. The molecule has 0 rings (SSSR count). The van der Waals surface area contributed by atoms with Crippen molar-refractivity contribution < 1.29 is 14.7 Å².